The SMILES string of the molecule is Cc1noc(C(C)C)c1C(=O)OCC(=O)N[C@H]1CCCC[C@H]1C. The van der Waals surface area contributed by atoms with Crippen LogP contribution in [-0.4, -0.2) is 29.7 Å². The van der Waals surface area contributed by atoms with Gasteiger partial charge in [-0.1, -0.05) is 38.8 Å². The minimum Gasteiger partial charge on any atom is -0.452 e. The molecule has 1 saturated carbocycles. The lowest BCUT2D eigenvalue weighted by Gasteiger charge is -2.29. The van der Waals surface area contributed by atoms with Crippen molar-refractivity contribution in [2.75, 3.05) is 6.61 Å². The zero-order valence-corrected chi connectivity index (χ0v) is 14.3. The van der Waals surface area contributed by atoms with E-state index in [1.54, 1.807) is 6.92 Å². The van der Waals surface area contributed by atoms with Gasteiger partial charge >= 0.3 is 5.97 Å². The summed E-state index contributed by atoms with van der Waals surface area (Å²) in [6.45, 7) is 7.38. The molecule has 1 aliphatic carbocycles. The molecule has 1 aromatic heterocycles. The third-order valence-electron chi connectivity index (χ3n) is 4.41. The van der Waals surface area contributed by atoms with Crippen molar-refractivity contribution in [3.8, 4) is 0 Å². The van der Waals surface area contributed by atoms with Gasteiger partial charge in [0.05, 0.1) is 5.69 Å². The average Bonchev–Trinajstić information content (AvgIpc) is 2.89. The third-order valence-corrected chi connectivity index (χ3v) is 4.41. The Morgan fingerprint density at radius 1 is 1.35 bits per heavy atom. The fourth-order valence-corrected chi connectivity index (χ4v) is 3.01. The van der Waals surface area contributed by atoms with Crippen LogP contribution in [0, 0.1) is 12.8 Å². The fraction of sp³-hybridized carbons (Fsp3) is 0.706. The first kappa shape index (κ1) is 17.5. The number of aromatic nitrogens is 1. The second-order valence-electron chi connectivity index (χ2n) is 6.67. The van der Waals surface area contributed by atoms with Gasteiger partial charge in [0, 0.05) is 12.0 Å². The van der Waals surface area contributed by atoms with Gasteiger partial charge in [0.15, 0.2) is 12.4 Å². The lowest BCUT2D eigenvalue weighted by molar-refractivity contribution is -0.125. The van der Waals surface area contributed by atoms with Crippen molar-refractivity contribution in [1.29, 1.82) is 0 Å². The van der Waals surface area contributed by atoms with E-state index in [4.69, 9.17) is 9.26 Å². The lowest BCUT2D eigenvalue weighted by Crippen LogP contribution is -2.42. The van der Waals surface area contributed by atoms with Crippen LogP contribution in [-0.2, 0) is 9.53 Å². The maximum Gasteiger partial charge on any atom is 0.344 e. The Balaban J connectivity index is 1.89. The van der Waals surface area contributed by atoms with E-state index in [1.807, 2.05) is 13.8 Å². The van der Waals surface area contributed by atoms with Gasteiger partial charge in [0.2, 0.25) is 0 Å². The second kappa shape index (κ2) is 7.62. The number of nitrogens with zero attached hydrogens (tertiary/aromatic N) is 1. The van der Waals surface area contributed by atoms with E-state index in [-0.39, 0.29) is 24.5 Å². The molecule has 6 heteroatoms. The molecule has 6 nitrogen and oxygen atoms in total. The Hall–Kier alpha value is -1.85. The molecule has 1 aliphatic rings. The smallest absolute Gasteiger partial charge is 0.344 e. The molecular formula is C17H26N2O4. The number of hydrogen-bond donors (Lipinski definition) is 1. The Kier molecular flexibility index (Phi) is 5.80. The largest absolute Gasteiger partial charge is 0.452 e. The zero-order chi connectivity index (χ0) is 17.0. The Morgan fingerprint density at radius 3 is 2.70 bits per heavy atom. The molecule has 1 heterocycles. The quantitative estimate of drug-likeness (QED) is 0.843. The molecule has 1 N–H and O–H groups in total. The van der Waals surface area contributed by atoms with E-state index >= 15 is 0 Å². The van der Waals surface area contributed by atoms with Gasteiger partial charge in [-0.15, -0.1) is 0 Å². The fourth-order valence-electron chi connectivity index (χ4n) is 3.01. The highest BCUT2D eigenvalue weighted by molar-refractivity contribution is 5.93. The predicted molar refractivity (Wildman–Crippen MR) is 85.2 cm³/mol. The summed E-state index contributed by atoms with van der Waals surface area (Å²) < 4.78 is 10.3. The van der Waals surface area contributed by atoms with Crippen molar-refractivity contribution in [2.45, 2.75) is 65.3 Å². The molecule has 0 bridgehead atoms. The van der Waals surface area contributed by atoms with Crippen molar-refractivity contribution >= 4 is 11.9 Å². The first-order chi connectivity index (χ1) is 10.9. The molecule has 1 amide bonds. The molecule has 0 unspecified atom stereocenters. The van der Waals surface area contributed by atoms with Crippen molar-refractivity contribution in [1.82, 2.24) is 10.5 Å². The summed E-state index contributed by atoms with van der Waals surface area (Å²) in [6, 6.07) is 0.179. The number of esters is 1. The summed E-state index contributed by atoms with van der Waals surface area (Å²) in [4.78, 5) is 24.2. The Bertz CT molecular complexity index is 565. The number of ether oxygens (including phenoxy) is 1. The van der Waals surface area contributed by atoms with Gasteiger partial charge < -0.3 is 14.6 Å². The van der Waals surface area contributed by atoms with Crippen LogP contribution in [0.4, 0.5) is 0 Å². The topological polar surface area (TPSA) is 81.4 Å². The first-order valence-electron chi connectivity index (χ1n) is 8.32. The molecule has 2 rings (SSSR count). The first-order valence-corrected chi connectivity index (χ1v) is 8.32. The molecule has 0 radical (unpaired) electrons. The maximum absolute atomic E-state index is 12.2. The number of carbonyl (C=O) groups is 2. The van der Waals surface area contributed by atoms with E-state index in [0.717, 1.165) is 19.3 Å². The number of hydrogen-bond acceptors (Lipinski definition) is 5. The van der Waals surface area contributed by atoms with Crippen molar-refractivity contribution in [2.24, 2.45) is 5.92 Å². The van der Waals surface area contributed by atoms with E-state index in [2.05, 4.69) is 17.4 Å². The number of rotatable bonds is 5. The minimum absolute atomic E-state index is 0.0238. The average molecular weight is 322 g/mol. The van der Waals surface area contributed by atoms with Gasteiger partial charge in [0.25, 0.3) is 5.91 Å². The molecule has 0 spiro atoms. The number of carbonyl (C=O) groups excluding carboxylic acids is 2. The molecule has 1 aromatic rings. The Morgan fingerprint density at radius 2 is 2.04 bits per heavy atom. The van der Waals surface area contributed by atoms with Crippen LogP contribution in [0.3, 0.4) is 0 Å². The molecule has 0 saturated heterocycles. The molecule has 23 heavy (non-hydrogen) atoms. The van der Waals surface area contributed by atoms with E-state index in [0.29, 0.717) is 22.9 Å². The van der Waals surface area contributed by atoms with Gasteiger partial charge in [-0.25, -0.2) is 4.79 Å². The van der Waals surface area contributed by atoms with Gasteiger partial charge in [-0.05, 0) is 25.7 Å². The van der Waals surface area contributed by atoms with Crippen molar-refractivity contribution < 1.29 is 18.8 Å². The maximum atomic E-state index is 12.2. The predicted octanol–water partition coefficient (Wildman–Crippen LogP) is 2.96. The number of nitrogens with one attached hydrogen (secondary N) is 1. The molecule has 128 valence electrons. The normalized spacial score (nSPS) is 21.3. The minimum atomic E-state index is -0.556. The van der Waals surface area contributed by atoms with Crippen LogP contribution in [0.2, 0.25) is 0 Å². The second-order valence-corrected chi connectivity index (χ2v) is 6.67. The molecule has 2 atom stereocenters. The highest BCUT2D eigenvalue weighted by atomic mass is 16.5. The van der Waals surface area contributed by atoms with Crippen LogP contribution >= 0.6 is 0 Å². The highest BCUT2D eigenvalue weighted by Crippen LogP contribution is 2.24. The molecule has 0 aliphatic heterocycles. The van der Waals surface area contributed by atoms with Gasteiger partial charge in [-0.2, -0.15) is 0 Å². The Labute approximate surface area is 136 Å². The van der Waals surface area contributed by atoms with E-state index < -0.39 is 5.97 Å². The van der Waals surface area contributed by atoms with E-state index in [9.17, 15) is 9.59 Å². The standard InChI is InChI=1S/C17H26N2O4/c1-10(2)16-15(12(4)19-23-16)17(21)22-9-14(20)18-13-8-6-5-7-11(13)3/h10-11,13H,5-9H2,1-4H3,(H,18,20)/t11-,13+/m1/s1. The van der Waals surface area contributed by atoms with Gasteiger partial charge in [0.1, 0.15) is 5.56 Å². The summed E-state index contributed by atoms with van der Waals surface area (Å²) in [6.07, 6.45) is 4.46. The lowest BCUT2D eigenvalue weighted by atomic mass is 9.86. The summed E-state index contributed by atoms with van der Waals surface area (Å²) in [5, 5.41) is 6.78. The summed E-state index contributed by atoms with van der Waals surface area (Å²) in [7, 11) is 0. The van der Waals surface area contributed by atoms with Crippen molar-refractivity contribution in [3.63, 3.8) is 0 Å². The van der Waals surface area contributed by atoms with Crippen LogP contribution in [0.15, 0.2) is 4.52 Å². The van der Waals surface area contributed by atoms with Crippen LogP contribution in [0.5, 0.6) is 0 Å². The molecule has 1 fully saturated rings. The van der Waals surface area contributed by atoms with Crippen LogP contribution in [0.1, 0.15) is 74.2 Å². The van der Waals surface area contributed by atoms with E-state index in [1.165, 1.54) is 6.42 Å². The molecule has 0 aromatic carbocycles. The summed E-state index contributed by atoms with van der Waals surface area (Å²) in [5.74, 6) is 0.178. The highest BCUT2D eigenvalue weighted by Gasteiger charge is 2.26. The van der Waals surface area contributed by atoms with Crippen molar-refractivity contribution in [3.05, 3.63) is 17.0 Å². The third kappa shape index (κ3) is 4.33. The summed E-state index contributed by atoms with van der Waals surface area (Å²) in [5.41, 5.74) is 0.818. The number of aryl methyl sites for hydroxylation is 1. The van der Waals surface area contributed by atoms with Crippen LogP contribution < -0.4 is 5.32 Å². The van der Waals surface area contributed by atoms with Crippen LogP contribution in [0.25, 0.3) is 0 Å². The van der Waals surface area contributed by atoms with Gasteiger partial charge in [-0.3, -0.25) is 4.79 Å². The zero-order valence-electron chi connectivity index (χ0n) is 14.3. The molecular weight excluding hydrogens is 296 g/mol. The summed E-state index contributed by atoms with van der Waals surface area (Å²) >= 11 is 0. The number of amides is 1. The monoisotopic (exact) mass is 322 g/mol.